The molecule has 0 fully saturated rings. The first-order valence-electron chi connectivity index (χ1n) is 16.2. The summed E-state index contributed by atoms with van der Waals surface area (Å²) in [6, 6.07) is 27.5. The number of fused-ring (bicyclic) bond motifs is 6. The lowest BCUT2D eigenvalue weighted by Gasteiger charge is -2.37. The first-order valence-corrected chi connectivity index (χ1v) is 16.2. The van der Waals surface area contributed by atoms with Crippen LogP contribution in [0.4, 0.5) is 0 Å². The van der Waals surface area contributed by atoms with E-state index in [1.54, 1.807) is 5.56 Å². The van der Waals surface area contributed by atoms with E-state index >= 15 is 0 Å². The second-order valence-electron chi connectivity index (χ2n) is 13.0. The van der Waals surface area contributed by atoms with Crippen LogP contribution < -0.4 is 0 Å². The van der Waals surface area contributed by atoms with Gasteiger partial charge in [-0.25, -0.2) is 0 Å². The van der Waals surface area contributed by atoms with Gasteiger partial charge < -0.3 is 9.13 Å². The molecule has 0 bridgehead atoms. The lowest BCUT2D eigenvalue weighted by molar-refractivity contribution is 0.463. The molecule has 3 aromatic carbocycles. The Labute approximate surface area is 257 Å². The van der Waals surface area contributed by atoms with Crippen LogP contribution in [0, 0.1) is 0 Å². The minimum absolute atomic E-state index is 0.327. The first-order chi connectivity index (χ1) is 20.9. The highest BCUT2D eigenvalue weighted by molar-refractivity contribution is 5.92. The largest absolute Gasteiger partial charge is 0.331 e. The number of hydrogen-bond donors (Lipinski definition) is 0. The molecule has 2 nitrogen and oxygen atoms in total. The van der Waals surface area contributed by atoms with Crippen molar-refractivity contribution in [3.8, 4) is 0 Å². The van der Waals surface area contributed by atoms with E-state index in [1.165, 1.54) is 62.7 Å². The smallest absolute Gasteiger partial charge is 0.0855 e. The Morgan fingerprint density at radius 1 is 0.721 bits per heavy atom. The van der Waals surface area contributed by atoms with Crippen LogP contribution in [0.1, 0.15) is 93.4 Å². The maximum absolute atomic E-state index is 2.68. The van der Waals surface area contributed by atoms with Gasteiger partial charge in [0, 0.05) is 38.8 Å². The van der Waals surface area contributed by atoms with E-state index in [9.17, 15) is 0 Å². The van der Waals surface area contributed by atoms with Crippen molar-refractivity contribution in [3.05, 3.63) is 137 Å². The van der Waals surface area contributed by atoms with Crippen LogP contribution in [0.5, 0.6) is 0 Å². The van der Waals surface area contributed by atoms with Gasteiger partial charge in [0.15, 0.2) is 0 Å². The van der Waals surface area contributed by atoms with Gasteiger partial charge in [-0.05, 0) is 94.5 Å². The summed E-state index contributed by atoms with van der Waals surface area (Å²) in [6.07, 6.45) is 19.8. The SMILES string of the molecule is CC=CC(C)(c1cccc(C(C)(C=CC)n2c3c(c4ccccc42)C(C)CCC3)c1)n1c2c(c3ccccc31)C=CCC2. The van der Waals surface area contributed by atoms with E-state index in [0.29, 0.717) is 5.92 Å². The van der Waals surface area contributed by atoms with Crippen molar-refractivity contribution in [2.24, 2.45) is 0 Å². The monoisotopic (exact) mass is 564 g/mol. The van der Waals surface area contributed by atoms with Crippen molar-refractivity contribution in [1.29, 1.82) is 0 Å². The van der Waals surface area contributed by atoms with Gasteiger partial charge in [-0.1, -0.05) is 104 Å². The molecule has 2 aliphatic rings. The predicted octanol–water partition coefficient (Wildman–Crippen LogP) is 10.7. The van der Waals surface area contributed by atoms with Gasteiger partial charge in [0.2, 0.25) is 0 Å². The summed E-state index contributed by atoms with van der Waals surface area (Å²) in [7, 11) is 0. The van der Waals surface area contributed by atoms with E-state index in [-0.39, 0.29) is 11.1 Å². The van der Waals surface area contributed by atoms with Gasteiger partial charge in [0.25, 0.3) is 0 Å². The van der Waals surface area contributed by atoms with Gasteiger partial charge in [-0.3, -0.25) is 0 Å². The van der Waals surface area contributed by atoms with E-state index in [4.69, 9.17) is 0 Å². The van der Waals surface area contributed by atoms with Gasteiger partial charge in [0.05, 0.1) is 11.1 Å². The molecule has 0 saturated carbocycles. The Hall–Kier alpha value is -4.04. The van der Waals surface area contributed by atoms with Crippen LogP contribution in [-0.4, -0.2) is 9.13 Å². The molecule has 0 saturated heterocycles. The fourth-order valence-corrected chi connectivity index (χ4v) is 8.46. The van der Waals surface area contributed by atoms with Crippen molar-refractivity contribution < 1.29 is 0 Å². The van der Waals surface area contributed by atoms with Crippen LogP contribution in [0.25, 0.3) is 27.9 Å². The van der Waals surface area contributed by atoms with Gasteiger partial charge in [-0.15, -0.1) is 0 Å². The zero-order valence-corrected chi connectivity index (χ0v) is 26.4. The normalized spacial score (nSPS) is 19.6. The Morgan fingerprint density at radius 3 is 2.00 bits per heavy atom. The third kappa shape index (κ3) is 4.13. The summed E-state index contributed by atoms with van der Waals surface area (Å²) in [5.74, 6) is 0.580. The van der Waals surface area contributed by atoms with Crippen LogP contribution in [0.3, 0.4) is 0 Å². The minimum atomic E-state index is -0.341. The van der Waals surface area contributed by atoms with Crippen LogP contribution >= 0.6 is 0 Å². The third-order valence-corrected chi connectivity index (χ3v) is 10.4. The number of nitrogens with zero attached hydrogens (tertiary/aromatic N) is 2. The second-order valence-corrected chi connectivity index (χ2v) is 13.0. The Bertz CT molecular complexity index is 1920. The Morgan fingerprint density at radius 2 is 1.33 bits per heavy atom. The molecule has 218 valence electrons. The summed E-state index contributed by atoms with van der Waals surface area (Å²) in [6.45, 7) is 11.6. The molecule has 5 aromatic rings. The standard InChI is InChI=1S/C41H44N2/c1-6-26-40(4,42-35-22-11-8-19-32(35)33-20-9-12-23-36(33)42)30-17-15-18-31(28-30)41(5,27-7-2)43-37-24-13-10-21-34(37)39-29(3)16-14-25-38(39)43/h6-11,13,15,17-22,24,26-29H,12,14,16,23,25H2,1-5H3. The molecule has 2 heteroatoms. The molecule has 43 heavy (non-hydrogen) atoms. The zero-order chi connectivity index (χ0) is 29.8. The molecule has 2 aromatic heterocycles. The molecule has 3 unspecified atom stereocenters. The first kappa shape index (κ1) is 27.8. The second kappa shape index (κ2) is 10.6. The maximum Gasteiger partial charge on any atom is 0.0855 e. The minimum Gasteiger partial charge on any atom is -0.331 e. The Kier molecular flexibility index (Phi) is 6.84. The molecule has 2 heterocycles. The lowest BCUT2D eigenvalue weighted by Crippen LogP contribution is -2.34. The fourth-order valence-electron chi connectivity index (χ4n) is 8.46. The molecule has 0 amide bonds. The molecule has 0 radical (unpaired) electrons. The summed E-state index contributed by atoms with van der Waals surface area (Å²) in [5, 5.41) is 2.77. The summed E-state index contributed by atoms with van der Waals surface area (Å²) in [4.78, 5) is 0. The molecular formula is C41H44N2. The maximum atomic E-state index is 2.68. The highest BCUT2D eigenvalue weighted by atomic mass is 15.1. The van der Waals surface area contributed by atoms with E-state index in [1.807, 2.05) is 0 Å². The predicted molar refractivity (Wildman–Crippen MR) is 184 cm³/mol. The topological polar surface area (TPSA) is 9.86 Å². The van der Waals surface area contributed by atoms with Crippen LogP contribution in [0.2, 0.25) is 0 Å². The van der Waals surface area contributed by atoms with Crippen molar-refractivity contribution in [3.63, 3.8) is 0 Å². The van der Waals surface area contributed by atoms with Crippen molar-refractivity contribution >= 4 is 27.9 Å². The van der Waals surface area contributed by atoms with E-state index < -0.39 is 0 Å². The summed E-state index contributed by atoms with van der Waals surface area (Å²) in [5.41, 5.74) is 10.5. The highest BCUT2D eigenvalue weighted by Gasteiger charge is 2.36. The molecular weight excluding hydrogens is 520 g/mol. The number of hydrogen-bond acceptors (Lipinski definition) is 0. The summed E-state index contributed by atoms with van der Waals surface area (Å²) < 4.78 is 5.30. The fraction of sp³-hybridized carbons (Fsp3) is 0.317. The van der Waals surface area contributed by atoms with Crippen LogP contribution in [-0.2, 0) is 23.9 Å². The third-order valence-electron chi connectivity index (χ3n) is 10.4. The lowest BCUT2D eigenvalue weighted by atomic mass is 9.83. The van der Waals surface area contributed by atoms with Crippen molar-refractivity contribution in [2.45, 2.75) is 83.7 Å². The van der Waals surface area contributed by atoms with E-state index in [0.717, 1.165) is 19.3 Å². The number of allylic oxidation sites excluding steroid dienone is 5. The summed E-state index contributed by atoms with van der Waals surface area (Å²) >= 11 is 0. The quantitative estimate of drug-likeness (QED) is 0.182. The number of rotatable bonds is 6. The van der Waals surface area contributed by atoms with Crippen molar-refractivity contribution in [1.82, 2.24) is 9.13 Å². The van der Waals surface area contributed by atoms with Gasteiger partial charge in [0.1, 0.15) is 0 Å². The average molecular weight is 565 g/mol. The number of aromatic nitrogens is 2. The molecule has 3 atom stereocenters. The van der Waals surface area contributed by atoms with Gasteiger partial charge in [-0.2, -0.15) is 0 Å². The van der Waals surface area contributed by atoms with Crippen molar-refractivity contribution in [2.75, 3.05) is 0 Å². The molecule has 7 rings (SSSR count). The highest BCUT2D eigenvalue weighted by Crippen LogP contribution is 2.45. The average Bonchev–Trinajstić information content (AvgIpc) is 3.56. The van der Waals surface area contributed by atoms with Crippen LogP contribution in [0.15, 0.2) is 103 Å². The zero-order valence-electron chi connectivity index (χ0n) is 26.4. The Balaban J connectivity index is 1.48. The number of benzene rings is 3. The molecule has 0 aliphatic heterocycles. The number of para-hydroxylation sites is 2. The molecule has 0 N–H and O–H groups in total. The van der Waals surface area contributed by atoms with E-state index in [2.05, 4.69) is 153 Å². The molecule has 0 spiro atoms. The van der Waals surface area contributed by atoms with Gasteiger partial charge >= 0.3 is 0 Å². The molecule has 2 aliphatic carbocycles.